The third-order valence-electron chi connectivity index (χ3n) is 2.79. The Kier molecular flexibility index (Phi) is 3.45. The molecule has 96 valence electrons. The number of rotatable bonds is 4. The summed E-state index contributed by atoms with van der Waals surface area (Å²) in [4.78, 5) is 22.6. The van der Waals surface area contributed by atoms with Gasteiger partial charge in [-0.25, -0.2) is 4.98 Å². The molecular weight excluding hydrogens is 232 g/mol. The Morgan fingerprint density at radius 3 is 2.83 bits per heavy atom. The van der Waals surface area contributed by atoms with E-state index in [4.69, 9.17) is 0 Å². The highest BCUT2D eigenvalue weighted by molar-refractivity contribution is 5.49. The molecule has 0 aliphatic rings. The van der Waals surface area contributed by atoms with E-state index in [1.54, 1.807) is 12.5 Å². The first kappa shape index (κ1) is 12.3. The molecule has 0 saturated heterocycles. The van der Waals surface area contributed by atoms with E-state index in [0.29, 0.717) is 23.5 Å². The van der Waals surface area contributed by atoms with Crippen LogP contribution in [0, 0.1) is 0 Å². The highest BCUT2D eigenvalue weighted by Crippen LogP contribution is 2.18. The second kappa shape index (κ2) is 5.03. The first-order chi connectivity index (χ1) is 8.67. The second-order valence-electron chi connectivity index (χ2n) is 4.03. The van der Waals surface area contributed by atoms with Gasteiger partial charge in [-0.05, 0) is 13.3 Å². The first-order valence-electron chi connectivity index (χ1n) is 6.00. The third kappa shape index (κ3) is 2.13. The lowest BCUT2D eigenvalue weighted by molar-refractivity contribution is 0.443. The summed E-state index contributed by atoms with van der Waals surface area (Å²) in [5, 5.41) is 9.80. The van der Waals surface area contributed by atoms with E-state index in [1.807, 2.05) is 18.4 Å². The van der Waals surface area contributed by atoms with Gasteiger partial charge < -0.3 is 14.7 Å². The molecule has 6 nitrogen and oxygen atoms in total. The molecule has 0 unspecified atom stereocenters. The van der Waals surface area contributed by atoms with E-state index in [0.717, 1.165) is 13.0 Å². The number of imidazole rings is 1. The highest BCUT2D eigenvalue weighted by Gasteiger charge is 2.13. The molecule has 0 spiro atoms. The monoisotopic (exact) mass is 248 g/mol. The first-order valence-corrected chi connectivity index (χ1v) is 6.00. The SMILES string of the molecule is CCCc1c(O)nc(-c2cncn2CC)[nH]c1=O. The number of hydrogen-bond acceptors (Lipinski definition) is 4. The Bertz CT molecular complexity index is 600. The molecule has 2 aromatic rings. The lowest BCUT2D eigenvalue weighted by Crippen LogP contribution is -2.16. The topological polar surface area (TPSA) is 83.8 Å². The van der Waals surface area contributed by atoms with Crippen molar-refractivity contribution in [2.75, 3.05) is 0 Å². The number of aromatic nitrogens is 4. The van der Waals surface area contributed by atoms with Crippen molar-refractivity contribution in [3.8, 4) is 17.4 Å². The third-order valence-corrected chi connectivity index (χ3v) is 2.79. The predicted octanol–water partition coefficient (Wildman–Crippen LogP) is 1.31. The van der Waals surface area contributed by atoms with Gasteiger partial charge in [-0.15, -0.1) is 0 Å². The van der Waals surface area contributed by atoms with Crippen molar-refractivity contribution >= 4 is 0 Å². The number of hydrogen-bond donors (Lipinski definition) is 2. The highest BCUT2D eigenvalue weighted by atomic mass is 16.3. The minimum Gasteiger partial charge on any atom is -0.493 e. The quantitative estimate of drug-likeness (QED) is 0.854. The van der Waals surface area contributed by atoms with Crippen LogP contribution >= 0.6 is 0 Å². The van der Waals surface area contributed by atoms with Crippen LogP contribution in [0.25, 0.3) is 11.5 Å². The standard InChI is InChI=1S/C12H16N4O2/c1-3-5-8-11(17)14-10(15-12(8)18)9-6-13-7-16(9)4-2/h6-7H,3-5H2,1-2H3,(H2,14,15,17,18). The zero-order valence-corrected chi connectivity index (χ0v) is 10.5. The molecule has 0 radical (unpaired) electrons. The van der Waals surface area contributed by atoms with E-state index < -0.39 is 0 Å². The molecule has 6 heteroatoms. The summed E-state index contributed by atoms with van der Waals surface area (Å²) in [5.41, 5.74) is 0.736. The van der Waals surface area contributed by atoms with Gasteiger partial charge in [0.15, 0.2) is 5.82 Å². The lowest BCUT2D eigenvalue weighted by atomic mass is 10.2. The molecule has 0 bridgehead atoms. The van der Waals surface area contributed by atoms with E-state index in [-0.39, 0.29) is 11.4 Å². The fraction of sp³-hybridized carbons (Fsp3) is 0.417. The molecule has 2 rings (SSSR count). The van der Waals surface area contributed by atoms with Crippen LogP contribution in [-0.2, 0) is 13.0 Å². The Balaban J connectivity index is 2.51. The molecular formula is C12H16N4O2. The number of H-pyrrole nitrogens is 1. The van der Waals surface area contributed by atoms with E-state index in [1.165, 1.54) is 0 Å². The number of nitrogens with zero attached hydrogens (tertiary/aromatic N) is 3. The van der Waals surface area contributed by atoms with Crippen LogP contribution in [-0.4, -0.2) is 24.6 Å². The normalized spacial score (nSPS) is 10.8. The van der Waals surface area contributed by atoms with E-state index in [2.05, 4.69) is 15.0 Å². The Morgan fingerprint density at radius 1 is 1.44 bits per heavy atom. The van der Waals surface area contributed by atoms with Crippen LogP contribution in [0.3, 0.4) is 0 Å². The summed E-state index contributed by atoms with van der Waals surface area (Å²) in [6.07, 6.45) is 4.57. The van der Waals surface area contributed by atoms with Crippen LogP contribution < -0.4 is 5.56 Å². The van der Waals surface area contributed by atoms with Gasteiger partial charge in [0.05, 0.1) is 18.1 Å². The van der Waals surface area contributed by atoms with Crippen molar-refractivity contribution in [2.45, 2.75) is 33.2 Å². The van der Waals surface area contributed by atoms with Crippen LogP contribution in [0.15, 0.2) is 17.3 Å². The maximum Gasteiger partial charge on any atom is 0.258 e. The smallest absolute Gasteiger partial charge is 0.258 e. The van der Waals surface area contributed by atoms with Gasteiger partial charge in [0, 0.05) is 6.54 Å². The van der Waals surface area contributed by atoms with Crippen molar-refractivity contribution in [1.29, 1.82) is 0 Å². The van der Waals surface area contributed by atoms with E-state index >= 15 is 0 Å². The fourth-order valence-electron chi connectivity index (χ4n) is 1.85. The average molecular weight is 248 g/mol. The summed E-state index contributed by atoms with van der Waals surface area (Å²) in [7, 11) is 0. The maximum absolute atomic E-state index is 11.9. The molecule has 0 aliphatic heterocycles. The Hall–Kier alpha value is -2.11. The van der Waals surface area contributed by atoms with Crippen molar-refractivity contribution in [3.05, 3.63) is 28.4 Å². The molecule has 2 aromatic heterocycles. The van der Waals surface area contributed by atoms with Gasteiger partial charge in [0.2, 0.25) is 5.88 Å². The predicted molar refractivity (Wildman–Crippen MR) is 67.4 cm³/mol. The summed E-state index contributed by atoms with van der Waals surface area (Å²) in [5.74, 6) is 0.149. The van der Waals surface area contributed by atoms with Gasteiger partial charge in [-0.2, -0.15) is 4.98 Å². The van der Waals surface area contributed by atoms with Gasteiger partial charge in [-0.1, -0.05) is 13.3 Å². The number of aromatic hydroxyl groups is 1. The molecule has 0 aromatic carbocycles. The minimum absolute atomic E-state index is 0.195. The van der Waals surface area contributed by atoms with Crippen LogP contribution in [0.4, 0.5) is 0 Å². The summed E-state index contributed by atoms with van der Waals surface area (Å²) < 4.78 is 1.84. The lowest BCUT2D eigenvalue weighted by Gasteiger charge is -2.06. The largest absolute Gasteiger partial charge is 0.493 e. The van der Waals surface area contributed by atoms with Gasteiger partial charge >= 0.3 is 0 Å². The number of nitrogens with one attached hydrogen (secondary N) is 1. The zero-order chi connectivity index (χ0) is 13.1. The molecule has 18 heavy (non-hydrogen) atoms. The van der Waals surface area contributed by atoms with Crippen LogP contribution in [0.2, 0.25) is 0 Å². The van der Waals surface area contributed by atoms with Crippen LogP contribution in [0.1, 0.15) is 25.8 Å². The fourth-order valence-corrected chi connectivity index (χ4v) is 1.85. The van der Waals surface area contributed by atoms with Gasteiger partial charge in [0.25, 0.3) is 5.56 Å². The Labute approximate surface area is 104 Å². The number of aryl methyl sites for hydroxylation is 1. The molecule has 0 saturated carbocycles. The van der Waals surface area contributed by atoms with Crippen molar-refractivity contribution < 1.29 is 5.11 Å². The minimum atomic E-state index is -0.289. The Morgan fingerprint density at radius 2 is 2.22 bits per heavy atom. The van der Waals surface area contributed by atoms with Gasteiger partial charge in [-0.3, -0.25) is 4.79 Å². The summed E-state index contributed by atoms with van der Waals surface area (Å²) in [6, 6.07) is 0. The zero-order valence-electron chi connectivity index (χ0n) is 10.5. The number of aromatic amines is 1. The molecule has 0 amide bonds. The van der Waals surface area contributed by atoms with Crippen molar-refractivity contribution in [1.82, 2.24) is 19.5 Å². The maximum atomic E-state index is 11.9. The summed E-state index contributed by atoms with van der Waals surface area (Å²) >= 11 is 0. The molecule has 0 aliphatic carbocycles. The molecule has 2 heterocycles. The molecule has 2 N–H and O–H groups in total. The van der Waals surface area contributed by atoms with Crippen LogP contribution in [0.5, 0.6) is 5.88 Å². The van der Waals surface area contributed by atoms with E-state index in [9.17, 15) is 9.90 Å². The molecule has 0 fully saturated rings. The second-order valence-corrected chi connectivity index (χ2v) is 4.03. The van der Waals surface area contributed by atoms with Crippen molar-refractivity contribution in [3.63, 3.8) is 0 Å². The van der Waals surface area contributed by atoms with Gasteiger partial charge in [0.1, 0.15) is 5.69 Å². The van der Waals surface area contributed by atoms with Crippen molar-refractivity contribution in [2.24, 2.45) is 0 Å². The summed E-state index contributed by atoms with van der Waals surface area (Å²) in [6.45, 7) is 4.63. The molecule has 0 atom stereocenters. The average Bonchev–Trinajstić information content (AvgIpc) is 2.81.